The largest absolute Gasteiger partial charge is 0.376 e. The summed E-state index contributed by atoms with van der Waals surface area (Å²) in [5.74, 6) is 0.620. The lowest BCUT2D eigenvalue weighted by atomic mass is 10.2. The third kappa shape index (κ3) is 4.42. The molecule has 110 valence electrons. The number of carbonyl (C=O) groups excluding carboxylic acids is 1. The van der Waals surface area contributed by atoms with Crippen LogP contribution in [-0.2, 0) is 4.79 Å². The Hall–Kier alpha value is -1.20. The van der Waals surface area contributed by atoms with E-state index in [2.05, 4.69) is 10.6 Å². The number of nitrogens with zero attached hydrogens (tertiary/aromatic N) is 1. The monoisotopic (exact) mass is 293 g/mol. The molecule has 0 saturated carbocycles. The molecule has 0 bridgehead atoms. The van der Waals surface area contributed by atoms with Gasteiger partial charge in [0.2, 0.25) is 5.91 Å². The molecule has 1 aromatic rings. The molecule has 0 aromatic heterocycles. The number of hydrogen-bond acceptors (Lipinski definition) is 4. The average molecular weight is 293 g/mol. The minimum Gasteiger partial charge on any atom is -0.376 e. The van der Waals surface area contributed by atoms with Gasteiger partial charge >= 0.3 is 0 Å². The molecule has 1 heterocycles. The third-order valence-corrected chi connectivity index (χ3v) is 4.77. The van der Waals surface area contributed by atoms with E-state index >= 15 is 0 Å². The number of hydrogen-bond donors (Lipinski definition) is 2. The van der Waals surface area contributed by atoms with E-state index in [-0.39, 0.29) is 5.91 Å². The van der Waals surface area contributed by atoms with Crippen molar-refractivity contribution in [3.05, 3.63) is 24.3 Å². The Bertz CT molecular complexity index is 444. The standard InChI is InChI=1S/C15H23N3OS/c1-18(2)14-6-4-3-5-13(14)17-15(19)11-20-12-7-9-16-10-8-12/h3-6,12,16H,7-11H2,1-2H3,(H,17,19). The quantitative estimate of drug-likeness (QED) is 0.873. The molecule has 1 saturated heterocycles. The van der Waals surface area contributed by atoms with Crippen LogP contribution in [-0.4, -0.2) is 44.1 Å². The van der Waals surface area contributed by atoms with Gasteiger partial charge in [0.1, 0.15) is 0 Å². The highest BCUT2D eigenvalue weighted by Crippen LogP contribution is 2.24. The molecule has 1 amide bonds. The second-order valence-electron chi connectivity index (χ2n) is 5.22. The lowest BCUT2D eigenvalue weighted by molar-refractivity contribution is -0.113. The Labute approximate surface area is 125 Å². The summed E-state index contributed by atoms with van der Waals surface area (Å²) in [5.41, 5.74) is 1.92. The van der Waals surface area contributed by atoms with Crippen LogP contribution < -0.4 is 15.5 Å². The van der Waals surface area contributed by atoms with Gasteiger partial charge in [-0.1, -0.05) is 12.1 Å². The van der Waals surface area contributed by atoms with Crippen LogP contribution in [0.2, 0.25) is 0 Å². The highest BCUT2D eigenvalue weighted by molar-refractivity contribution is 8.00. The fourth-order valence-electron chi connectivity index (χ4n) is 2.31. The number of amides is 1. The van der Waals surface area contributed by atoms with Crippen molar-refractivity contribution in [3.8, 4) is 0 Å². The van der Waals surface area contributed by atoms with Crippen LogP contribution >= 0.6 is 11.8 Å². The lowest BCUT2D eigenvalue weighted by Gasteiger charge is -2.22. The number of rotatable bonds is 5. The minimum atomic E-state index is 0.0860. The van der Waals surface area contributed by atoms with Gasteiger partial charge in [-0.15, -0.1) is 11.8 Å². The van der Waals surface area contributed by atoms with Crippen LogP contribution in [0.5, 0.6) is 0 Å². The molecule has 0 radical (unpaired) electrons. The Balaban J connectivity index is 1.85. The zero-order chi connectivity index (χ0) is 14.4. The summed E-state index contributed by atoms with van der Waals surface area (Å²) in [5, 5.41) is 6.97. The lowest BCUT2D eigenvalue weighted by Crippen LogP contribution is -2.30. The van der Waals surface area contributed by atoms with Crippen molar-refractivity contribution >= 4 is 29.0 Å². The van der Waals surface area contributed by atoms with Crippen molar-refractivity contribution in [2.24, 2.45) is 0 Å². The van der Waals surface area contributed by atoms with Crippen molar-refractivity contribution in [2.75, 3.05) is 43.2 Å². The summed E-state index contributed by atoms with van der Waals surface area (Å²) in [7, 11) is 3.96. The normalized spacial score (nSPS) is 15.9. The van der Waals surface area contributed by atoms with Crippen molar-refractivity contribution < 1.29 is 4.79 Å². The highest BCUT2D eigenvalue weighted by atomic mass is 32.2. The molecular formula is C15H23N3OS. The second kappa shape index (κ2) is 7.55. The Kier molecular flexibility index (Phi) is 5.73. The van der Waals surface area contributed by atoms with Crippen molar-refractivity contribution in [3.63, 3.8) is 0 Å². The first-order chi connectivity index (χ1) is 9.66. The molecule has 0 spiro atoms. The molecule has 0 aliphatic carbocycles. The number of carbonyl (C=O) groups is 1. The first-order valence-electron chi connectivity index (χ1n) is 7.05. The summed E-state index contributed by atoms with van der Waals surface area (Å²) in [6.07, 6.45) is 2.32. The summed E-state index contributed by atoms with van der Waals surface area (Å²) in [4.78, 5) is 14.1. The molecule has 1 fully saturated rings. The summed E-state index contributed by atoms with van der Waals surface area (Å²) < 4.78 is 0. The molecule has 2 rings (SSSR count). The van der Waals surface area contributed by atoms with Crippen LogP contribution in [0.3, 0.4) is 0 Å². The molecule has 1 aromatic carbocycles. The predicted molar refractivity (Wildman–Crippen MR) is 87.7 cm³/mol. The maximum Gasteiger partial charge on any atom is 0.234 e. The maximum absolute atomic E-state index is 12.1. The van der Waals surface area contributed by atoms with Gasteiger partial charge in [0.15, 0.2) is 0 Å². The molecule has 20 heavy (non-hydrogen) atoms. The van der Waals surface area contributed by atoms with Crippen LogP contribution in [0.15, 0.2) is 24.3 Å². The molecule has 1 aliphatic heterocycles. The summed E-state index contributed by atoms with van der Waals surface area (Å²) in [6.45, 7) is 2.14. The minimum absolute atomic E-state index is 0.0860. The van der Waals surface area contributed by atoms with Gasteiger partial charge in [0.05, 0.1) is 17.1 Å². The van der Waals surface area contributed by atoms with Gasteiger partial charge in [-0.2, -0.15) is 0 Å². The van der Waals surface area contributed by atoms with Gasteiger partial charge < -0.3 is 15.5 Å². The third-order valence-electron chi connectivity index (χ3n) is 3.40. The van der Waals surface area contributed by atoms with Gasteiger partial charge in [-0.25, -0.2) is 0 Å². The van der Waals surface area contributed by atoms with Gasteiger partial charge in [-0.05, 0) is 38.1 Å². The molecule has 2 N–H and O–H groups in total. The number of benzene rings is 1. The number of para-hydroxylation sites is 2. The first kappa shape index (κ1) is 15.2. The molecule has 0 unspecified atom stereocenters. The SMILES string of the molecule is CN(C)c1ccccc1NC(=O)CSC1CCNCC1. The fraction of sp³-hybridized carbons (Fsp3) is 0.533. The number of nitrogens with one attached hydrogen (secondary N) is 2. The summed E-state index contributed by atoms with van der Waals surface area (Å²) >= 11 is 1.77. The maximum atomic E-state index is 12.1. The van der Waals surface area contributed by atoms with E-state index in [9.17, 15) is 4.79 Å². The van der Waals surface area contributed by atoms with Gasteiger partial charge in [0.25, 0.3) is 0 Å². The molecule has 0 atom stereocenters. The Morgan fingerprint density at radius 3 is 2.75 bits per heavy atom. The predicted octanol–water partition coefficient (Wildman–Crippen LogP) is 2.18. The Morgan fingerprint density at radius 2 is 2.05 bits per heavy atom. The van der Waals surface area contributed by atoms with E-state index in [0.717, 1.165) is 37.3 Å². The van der Waals surface area contributed by atoms with Crippen molar-refractivity contribution in [2.45, 2.75) is 18.1 Å². The zero-order valence-electron chi connectivity index (χ0n) is 12.2. The summed E-state index contributed by atoms with van der Waals surface area (Å²) in [6, 6.07) is 7.88. The highest BCUT2D eigenvalue weighted by Gasteiger charge is 2.15. The van der Waals surface area contributed by atoms with E-state index < -0.39 is 0 Å². The van der Waals surface area contributed by atoms with Gasteiger partial charge in [-0.3, -0.25) is 4.79 Å². The van der Waals surface area contributed by atoms with E-state index in [1.807, 2.05) is 43.3 Å². The van der Waals surface area contributed by atoms with Crippen LogP contribution in [0, 0.1) is 0 Å². The first-order valence-corrected chi connectivity index (χ1v) is 8.10. The number of piperidine rings is 1. The smallest absolute Gasteiger partial charge is 0.234 e. The van der Waals surface area contributed by atoms with Crippen molar-refractivity contribution in [1.29, 1.82) is 0 Å². The second-order valence-corrected chi connectivity index (χ2v) is 6.51. The van der Waals surface area contributed by atoms with Crippen molar-refractivity contribution in [1.82, 2.24) is 5.32 Å². The molecule has 5 heteroatoms. The van der Waals surface area contributed by atoms with Gasteiger partial charge in [0, 0.05) is 19.3 Å². The number of anilines is 2. The molecule has 1 aliphatic rings. The van der Waals surface area contributed by atoms with E-state index in [0.29, 0.717) is 11.0 Å². The van der Waals surface area contributed by atoms with E-state index in [4.69, 9.17) is 0 Å². The molecule has 4 nitrogen and oxygen atoms in total. The zero-order valence-corrected chi connectivity index (χ0v) is 13.0. The van der Waals surface area contributed by atoms with E-state index in [1.165, 1.54) is 0 Å². The Morgan fingerprint density at radius 1 is 1.35 bits per heavy atom. The van der Waals surface area contributed by atoms with Crippen LogP contribution in [0.25, 0.3) is 0 Å². The fourth-order valence-corrected chi connectivity index (χ4v) is 3.34. The molecular weight excluding hydrogens is 270 g/mol. The topological polar surface area (TPSA) is 44.4 Å². The van der Waals surface area contributed by atoms with Crippen LogP contribution in [0.1, 0.15) is 12.8 Å². The number of thioether (sulfide) groups is 1. The van der Waals surface area contributed by atoms with E-state index in [1.54, 1.807) is 11.8 Å². The average Bonchev–Trinajstić information content (AvgIpc) is 2.46. The van der Waals surface area contributed by atoms with Crippen LogP contribution in [0.4, 0.5) is 11.4 Å².